The van der Waals surface area contributed by atoms with Gasteiger partial charge in [-0.2, -0.15) is 0 Å². The summed E-state index contributed by atoms with van der Waals surface area (Å²) in [4.78, 5) is -0.393. The lowest BCUT2D eigenvalue weighted by molar-refractivity contribution is 0.498. The van der Waals surface area contributed by atoms with Crippen molar-refractivity contribution in [3.05, 3.63) is 52.8 Å². The summed E-state index contributed by atoms with van der Waals surface area (Å²) in [5, 5.41) is 0.203. The second-order valence-electron chi connectivity index (χ2n) is 4.04. The fraction of sp³-hybridized carbons (Fsp3) is 0. The molecule has 21 heavy (non-hydrogen) atoms. The van der Waals surface area contributed by atoms with E-state index < -0.39 is 38.1 Å². The molecule has 0 aliphatic carbocycles. The molecule has 0 aromatic heterocycles. The minimum Gasteiger partial charge on any atom is -0.398 e. The first kappa shape index (κ1) is 15.5. The third kappa shape index (κ3) is 3.22. The van der Waals surface area contributed by atoms with E-state index >= 15 is 0 Å². The van der Waals surface area contributed by atoms with Gasteiger partial charge in [0.15, 0.2) is 11.6 Å². The van der Waals surface area contributed by atoms with E-state index in [4.69, 9.17) is 17.3 Å². The molecule has 4 nitrogen and oxygen atoms in total. The number of rotatable bonds is 3. The van der Waals surface area contributed by atoms with E-state index in [1.165, 1.54) is 12.1 Å². The van der Waals surface area contributed by atoms with Crippen LogP contribution in [0.3, 0.4) is 0 Å². The lowest BCUT2D eigenvalue weighted by Gasteiger charge is -2.11. The Morgan fingerprint density at radius 3 is 2.38 bits per heavy atom. The zero-order valence-corrected chi connectivity index (χ0v) is 11.8. The summed E-state index contributed by atoms with van der Waals surface area (Å²) in [6.45, 7) is 0. The van der Waals surface area contributed by atoms with Crippen molar-refractivity contribution in [3.63, 3.8) is 0 Å². The topological polar surface area (TPSA) is 72.2 Å². The van der Waals surface area contributed by atoms with Gasteiger partial charge in [0, 0.05) is 17.2 Å². The maximum atomic E-state index is 13.5. The molecule has 0 bridgehead atoms. The van der Waals surface area contributed by atoms with Crippen molar-refractivity contribution < 1.29 is 21.6 Å². The van der Waals surface area contributed by atoms with Gasteiger partial charge in [-0.05, 0) is 18.2 Å². The van der Waals surface area contributed by atoms with Gasteiger partial charge >= 0.3 is 0 Å². The molecule has 0 aliphatic heterocycles. The fourth-order valence-electron chi connectivity index (χ4n) is 1.59. The zero-order chi connectivity index (χ0) is 15.8. The first-order valence-electron chi connectivity index (χ1n) is 5.43. The van der Waals surface area contributed by atoms with Crippen LogP contribution in [0.15, 0.2) is 35.2 Å². The Labute approximate surface area is 123 Å². The molecule has 0 fully saturated rings. The van der Waals surface area contributed by atoms with E-state index in [1.807, 2.05) is 0 Å². The van der Waals surface area contributed by atoms with Crippen molar-refractivity contribution in [2.75, 3.05) is 10.5 Å². The van der Waals surface area contributed by atoms with Crippen LogP contribution in [0.4, 0.5) is 24.5 Å². The van der Waals surface area contributed by atoms with Gasteiger partial charge in [0.05, 0.1) is 11.4 Å². The summed E-state index contributed by atoms with van der Waals surface area (Å²) in [5.74, 6) is -4.17. The molecule has 112 valence electrons. The van der Waals surface area contributed by atoms with Crippen LogP contribution in [0, 0.1) is 17.5 Å². The molecule has 0 unspecified atom stereocenters. The molecule has 2 aromatic carbocycles. The molecule has 9 heteroatoms. The first-order chi connectivity index (χ1) is 9.70. The summed E-state index contributed by atoms with van der Waals surface area (Å²) < 4.78 is 65.4. The Balaban J connectivity index is 2.47. The Kier molecular flexibility index (Phi) is 4.02. The van der Waals surface area contributed by atoms with Crippen molar-refractivity contribution in [2.45, 2.75) is 4.90 Å². The molecule has 0 radical (unpaired) electrons. The lowest BCUT2D eigenvalue weighted by Crippen LogP contribution is -2.16. The van der Waals surface area contributed by atoms with Gasteiger partial charge in [-0.15, -0.1) is 0 Å². The van der Waals surface area contributed by atoms with Gasteiger partial charge in [-0.25, -0.2) is 21.6 Å². The molecule has 0 saturated heterocycles. The maximum Gasteiger partial charge on any atom is 0.264 e. The Bertz CT molecular complexity index is 812. The van der Waals surface area contributed by atoms with E-state index in [0.717, 1.165) is 6.07 Å². The van der Waals surface area contributed by atoms with Crippen LogP contribution in [0.2, 0.25) is 5.02 Å². The van der Waals surface area contributed by atoms with Crippen molar-refractivity contribution >= 4 is 33.0 Å². The first-order valence-corrected chi connectivity index (χ1v) is 7.29. The summed E-state index contributed by atoms with van der Waals surface area (Å²) >= 11 is 5.64. The maximum absolute atomic E-state index is 13.5. The van der Waals surface area contributed by atoms with Gasteiger partial charge in [-0.3, -0.25) is 4.72 Å². The van der Waals surface area contributed by atoms with Crippen molar-refractivity contribution in [2.24, 2.45) is 0 Å². The van der Waals surface area contributed by atoms with Gasteiger partial charge < -0.3 is 5.73 Å². The predicted molar refractivity (Wildman–Crippen MR) is 73.0 cm³/mol. The summed E-state index contributed by atoms with van der Waals surface area (Å²) in [6, 6.07) is 4.34. The molecular formula is C12H8ClF3N2O2S. The number of anilines is 2. The number of benzene rings is 2. The molecule has 2 aromatic rings. The third-order valence-electron chi connectivity index (χ3n) is 2.50. The lowest BCUT2D eigenvalue weighted by atomic mass is 10.3. The number of hydrogen-bond donors (Lipinski definition) is 2. The number of nitrogens with two attached hydrogens (primary N) is 1. The molecule has 0 heterocycles. The van der Waals surface area contributed by atoms with Crippen molar-refractivity contribution in [3.8, 4) is 0 Å². The molecule has 3 N–H and O–H groups in total. The van der Waals surface area contributed by atoms with Crippen molar-refractivity contribution in [1.82, 2.24) is 0 Å². The molecular weight excluding hydrogens is 329 g/mol. The van der Waals surface area contributed by atoms with Crippen LogP contribution < -0.4 is 10.5 Å². The minimum atomic E-state index is -4.32. The van der Waals surface area contributed by atoms with Crippen LogP contribution in [0.5, 0.6) is 0 Å². The highest BCUT2D eigenvalue weighted by Gasteiger charge is 2.21. The fourth-order valence-corrected chi connectivity index (χ4v) is 2.94. The van der Waals surface area contributed by atoms with Crippen LogP contribution >= 0.6 is 11.6 Å². The molecule has 0 amide bonds. The molecule has 0 saturated carbocycles. The van der Waals surface area contributed by atoms with Gasteiger partial charge in [0.25, 0.3) is 10.0 Å². The van der Waals surface area contributed by atoms with E-state index in [9.17, 15) is 21.6 Å². The standard InChI is InChI=1S/C12H8ClF3N2O2S/c13-6-1-2-11(9(17)3-6)21(19,20)18-10-5-7(14)4-8(15)12(10)16/h1-5,18H,17H2. The normalized spacial score (nSPS) is 11.4. The second-order valence-corrected chi connectivity index (χ2v) is 6.12. The SMILES string of the molecule is Nc1cc(Cl)ccc1S(=O)(=O)Nc1cc(F)cc(F)c1F. The predicted octanol–water partition coefficient (Wildman–Crippen LogP) is 3.14. The van der Waals surface area contributed by atoms with Gasteiger partial charge in [0.1, 0.15) is 10.7 Å². The molecule has 0 aliphatic rings. The number of hydrogen-bond acceptors (Lipinski definition) is 3. The third-order valence-corrected chi connectivity index (χ3v) is 4.17. The van der Waals surface area contributed by atoms with E-state index in [2.05, 4.69) is 0 Å². The number of halogens is 4. The van der Waals surface area contributed by atoms with Crippen LogP contribution in [0.1, 0.15) is 0 Å². The monoisotopic (exact) mass is 336 g/mol. The van der Waals surface area contributed by atoms with Gasteiger partial charge in [-0.1, -0.05) is 11.6 Å². The van der Waals surface area contributed by atoms with Crippen LogP contribution in [-0.4, -0.2) is 8.42 Å². The highest BCUT2D eigenvalue weighted by molar-refractivity contribution is 7.92. The summed E-state index contributed by atoms with van der Waals surface area (Å²) in [5.41, 5.74) is 4.47. The summed E-state index contributed by atoms with van der Waals surface area (Å²) in [6.07, 6.45) is 0. The Morgan fingerprint density at radius 2 is 1.76 bits per heavy atom. The highest BCUT2D eigenvalue weighted by Crippen LogP contribution is 2.26. The number of sulfonamides is 1. The molecule has 2 rings (SSSR count). The number of nitrogens with one attached hydrogen (secondary N) is 1. The van der Waals surface area contributed by atoms with Gasteiger partial charge in [0.2, 0.25) is 0 Å². The average molecular weight is 337 g/mol. The Hall–Kier alpha value is -1.93. The Morgan fingerprint density at radius 1 is 1.10 bits per heavy atom. The van der Waals surface area contributed by atoms with Crippen LogP contribution in [0.25, 0.3) is 0 Å². The summed E-state index contributed by atoms with van der Waals surface area (Å²) in [7, 11) is -4.32. The largest absolute Gasteiger partial charge is 0.398 e. The van der Waals surface area contributed by atoms with E-state index in [1.54, 1.807) is 4.72 Å². The average Bonchev–Trinajstić information content (AvgIpc) is 2.34. The number of nitrogen functional groups attached to an aromatic ring is 1. The zero-order valence-electron chi connectivity index (χ0n) is 10.2. The molecule has 0 atom stereocenters. The highest BCUT2D eigenvalue weighted by atomic mass is 35.5. The smallest absolute Gasteiger partial charge is 0.264 e. The molecule has 0 spiro atoms. The van der Waals surface area contributed by atoms with Crippen molar-refractivity contribution in [1.29, 1.82) is 0 Å². The van der Waals surface area contributed by atoms with E-state index in [-0.39, 0.29) is 10.7 Å². The minimum absolute atomic E-state index is 0.188. The second kappa shape index (κ2) is 5.45. The van der Waals surface area contributed by atoms with E-state index in [0.29, 0.717) is 12.1 Å². The van der Waals surface area contributed by atoms with Crippen LogP contribution in [-0.2, 0) is 10.0 Å². The quantitative estimate of drug-likeness (QED) is 0.668.